The molecule has 0 unspecified atom stereocenters. The molecule has 0 radical (unpaired) electrons. The summed E-state index contributed by atoms with van der Waals surface area (Å²) in [5.41, 5.74) is 0.984. The molecule has 0 aromatic heterocycles. The third kappa shape index (κ3) is 4.12. The Labute approximate surface area is 171 Å². The van der Waals surface area contributed by atoms with Crippen LogP contribution >= 0.6 is 0 Å². The number of carbonyl (C=O) groups excluding carboxylic acids is 2. The number of nitrogens with zero attached hydrogens (tertiary/aromatic N) is 2. The highest BCUT2D eigenvalue weighted by Gasteiger charge is 2.54. The van der Waals surface area contributed by atoms with Crippen molar-refractivity contribution in [2.75, 3.05) is 33.2 Å². The van der Waals surface area contributed by atoms with Gasteiger partial charge < -0.3 is 19.3 Å². The Balaban J connectivity index is 1.42. The van der Waals surface area contributed by atoms with Crippen molar-refractivity contribution in [2.24, 2.45) is 0 Å². The van der Waals surface area contributed by atoms with Crippen LogP contribution in [0.2, 0.25) is 0 Å². The summed E-state index contributed by atoms with van der Waals surface area (Å²) < 4.78 is 11.3. The Morgan fingerprint density at radius 2 is 1.69 bits per heavy atom. The van der Waals surface area contributed by atoms with Crippen LogP contribution in [-0.4, -0.2) is 61.2 Å². The highest BCUT2D eigenvalue weighted by atomic mass is 16.6. The van der Waals surface area contributed by atoms with Crippen LogP contribution < -0.4 is 0 Å². The molecule has 6 nitrogen and oxygen atoms in total. The van der Waals surface area contributed by atoms with Crippen LogP contribution in [0.1, 0.15) is 17.5 Å². The third-order valence-electron chi connectivity index (χ3n) is 5.72. The van der Waals surface area contributed by atoms with Crippen LogP contribution in [0, 0.1) is 0 Å². The lowest BCUT2D eigenvalue weighted by Gasteiger charge is -2.47. The highest BCUT2D eigenvalue weighted by molar-refractivity contribution is 5.88. The molecule has 2 aliphatic rings. The number of ether oxygens (including phenoxy) is 2. The topological polar surface area (TPSA) is 59.1 Å². The summed E-state index contributed by atoms with van der Waals surface area (Å²) in [4.78, 5) is 29.3. The fourth-order valence-electron chi connectivity index (χ4n) is 3.99. The fourth-order valence-corrected chi connectivity index (χ4v) is 3.99. The SMILES string of the molecule is CN1CC[C@@H](OC(=O)C2(c3ccccc3)CN(C(=O)OCc3ccccc3)C2)C1. The highest BCUT2D eigenvalue weighted by Crippen LogP contribution is 2.37. The van der Waals surface area contributed by atoms with Gasteiger partial charge >= 0.3 is 12.1 Å². The normalized spacial score (nSPS) is 20.7. The molecule has 2 aromatic rings. The van der Waals surface area contributed by atoms with E-state index in [-0.39, 0.29) is 31.8 Å². The van der Waals surface area contributed by atoms with Crippen LogP contribution in [0.4, 0.5) is 4.79 Å². The van der Waals surface area contributed by atoms with Crippen LogP contribution in [0.25, 0.3) is 0 Å². The van der Waals surface area contributed by atoms with Crippen LogP contribution in [-0.2, 0) is 26.3 Å². The summed E-state index contributed by atoms with van der Waals surface area (Å²) in [6.45, 7) is 2.43. The maximum atomic E-state index is 13.1. The monoisotopic (exact) mass is 394 g/mol. The molecule has 0 spiro atoms. The van der Waals surface area contributed by atoms with E-state index in [4.69, 9.17) is 9.47 Å². The predicted molar refractivity (Wildman–Crippen MR) is 108 cm³/mol. The van der Waals surface area contributed by atoms with Crippen molar-refractivity contribution in [1.29, 1.82) is 0 Å². The largest absolute Gasteiger partial charge is 0.460 e. The molecule has 1 amide bonds. The van der Waals surface area contributed by atoms with Gasteiger partial charge in [-0.05, 0) is 24.6 Å². The molecule has 2 heterocycles. The van der Waals surface area contributed by atoms with Gasteiger partial charge in [-0.1, -0.05) is 60.7 Å². The van der Waals surface area contributed by atoms with E-state index in [0.29, 0.717) is 0 Å². The average Bonchev–Trinajstić information content (AvgIpc) is 3.12. The predicted octanol–water partition coefficient (Wildman–Crippen LogP) is 2.82. The molecular formula is C23H26N2O4. The average molecular weight is 394 g/mol. The molecule has 2 saturated heterocycles. The van der Waals surface area contributed by atoms with Crippen LogP contribution in [0.15, 0.2) is 60.7 Å². The van der Waals surface area contributed by atoms with Gasteiger partial charge in [-0.15, -0.1) is 0 Å². The maximum Gasteiger partial charge on any atom is 0.410 e. The van der Waals surface area contributed by atoms with Crippen molar-refractivity contribution in [2.45, 2.75) is 24.5 Å². The van der Waals surface area contributed by atoms with Crippen LogP contribution in [0.5, 0.6) is 0 Å². The molecule has 0 saturated carbocycles. The van der Waals surface area contributed by atoms with Gasteiger partial charge in [0.25, 0.3) is 0 Å². The molecule has 0 aliphatic carbocycles. The number of hydrogen-bond donors (Lipinski definition) is 0. The van der Waals surface area contributed by atoms with Gasteiger partial charge in [-0.2, -0.15) is 0 Å². The molecule has 6 heteroatoms. The van der Waals surface area contributed by atoms with Gasteiger partial charge in [0.05, 0.1) is 0 Å². The Kier molecular flexibility index (Phi) is 5.53. The summed E-state index contributed by atoms with van der Waals surface area (Å²) in [6, 6.07) is 19.1. The number of amides is 1. The zero-order valence-corrected chi connectivity index (χ0v) is 16.6. The molecular weight excluding hydrogens is 368 g/mol. The second-order valence-electron chi connectivity index (χ2n) is 7.92. The molecule has 2 fully saturated rings. The van der Waals surface area contributed by atoms with Gasteiger partial charge in [0.1, 0.15) is 18.1 Å². The molecule has 4 rings (SSSR count). The Bertz CT molecular complexity index is 850. The van der Waals surface area contributed by atoms with E-state index in [1.54, 1.807) is 4.90 Å². The number of likely N-dealkylation sites (N-methyl/N-ethyl adjacent to an activating group) is 1. The lowest BCUT2D eigenvalue weighted by atomic mass is 9.74. The third-order valence-corrected chi connectivity index (χ3v) is 5.72. The minimum atomic E-state index is -0.825. The number of rotatable bonds is 5. The van der Waals surface area contributed by atoms with Crippen molar-refractivity contribution in [3.63, 3.8) is 0 Å². The van der Waals surface area contributed by atoms with E-state index in [1.807, 2.05) is 67.7 Å². The summed E-state index contributed by atoms with van der Waals surface area (Å²) >= 11 is 0. The van der Waals surface area contributed by atoms with Crippen molar-refractivity contribution in [3.8, 4) is 0 Å². The van der Waals surface area contributed by atoms with Gasteiger partial charge in [0, 0.05) is 26.2 Å². The van der Waals surface area contributed by atoms with Crippen molar-refractivity contribution in [1.82, 2.24) is 9.80 Å². The second-order valence-corrected chi connectivity index (χ2v) is 7.92. The Hall–Kier alpha value is -2.86. The number of carbonyl (C=O) groups is 2. The first-order chi connectivity index (χ1) is 14.1. The quantitative estimate of drug-likeness (QED) is 0.730. The second kappa shape index (κ2) is 8.25. The van der Waals surface area contributed by atoms with E-state index in [2.05, 4.69) is 4.90 Å². The molecule has 152 valence electrons. The van der Waals surface area contributed by atoms with Gasteiger partial charge in [0.2, 0.25) is 0 Å². The van der Waals surface area contributed by atoms with Crippen molar-refractivity contribution < 1.29 is 19.1 Å². The Morgan fingerprint density at radius 3 is 2.31 bits per heavy atom. The van der Waals surface area contributed by atoms with Gasteiger partial charge in [-0.25, -0.2) is 4.79 Å². The molecule has 2 aromatic carbocycles. The van der Waals surface area contributed by atoms with E-state index in [0.717, 1.165) is 30.6 Å². The summed E-state index contributed by atoms with van der Waals surface area (Å²) in [6.07, 6.45) is 0.344. The standard InChI is InChI=1S/C23H26N2O4/c1-24-13-12-20(14-24)29-21(26)23(19-10-6-3-7-11-19)16-25(17-23)22(27)28-15-18-8-4-2-5-9-18/h2-11,20H,12-17H2,1H3/t20-/m1/s1. The number of likely N-dealkylation sites (tertiary alicyclic amines) is 2. The van der Waals surface area contributed by atoms with E-state index in [9.17, 15) is 9.59 Å². The van der Waals surface area contributed by atoms with Gasteiger partial charge in [0.15, 0.2) is 0 Å². The lowest BCUT2D eigenvalue weighted by molar-refractivity contribution is -0.162. The summed E-state index contributed by atoms with van der Waals surface area (Å²) in [5, 5.41) is 0. The first-order valence-electron chi connectivity index (χ1n) is 9.98. The van der Waals surface area contributed by atoms with Crippen LogP contribution in [0.3, 0.4) is 0 Å². The van der Waals surface area contributed by atoms with E-state index in [1.165, 1.54) is 0 Å². The minimum absolute atomic E-state index is 0.0906. The summed E-state index contributed by atoms with van der Waals surface area (Å²) in [5.74, 6) is -0.254. The maximum absolute atomic E-state index is 13.1. The zero-order valence-electron chi connectivity index (χ0n) is 16.6. The first kappa shape index (κ1) is 19.5. The number of esters is 1. The first-order valence-corrected chi connectivity index (χ1v) is 9.98. The lowest BCUT2D eigenvalue weighted by Crippen LogP contribution is -2.65. The Morgan fingerprint density at radius 1 is 1.03 bits per heavy atom. The molecule has 0 N–H and O–H groups in total. The minimum Gasteiger partial charge on any atom is -0.460 e. The molecule has 1 atom stereocenters. The van der Waals surface area contributed by atoms with Crippen molar-refractivity contribution in [3.05, 3.63) is 71.8 Å². The molecule has 29 heavy (non-hydrogen) atoms. The summed E-state index contributed by atoms with van der Waals surface area (Å²) in [7, 11) is 2.02. The fraction of sp³-hybridized carbons (Fsp3) is 0.391. The van der Waals surface area contributed by atoms with E-state index >= 15 is 0 Å². The van der Waals surface area contributed by atoms with E-state index < -0.39 is 11.5 Å². The molecule has 2 aliphatic heterocycles. The smallest absolute Gasteiger partial charge is 0.410 e. The zero-order chi connectivity index (χ0) is 20.3. The van der Waals surface area contributed by atoms with Gasteiger partial charge in [-0.3, -0.25) is 4.79 Å². The number of benzene rings is 2. The molecule has 0 bridgehead atoms. The van der Waals surface area contributed by atoms with Crippen molar-refractivity contribution >= 4 is 12.1 Å². The number of hydrogen-bond acceptors (Lipinski definition) is 5.